The fourth-order valence-corrected chi connectivity index (χ4v) is 2.62. The summed E-state index contributed by atoms with van der Waals surface area (Å²) in [6.07, 6.45) is 2.63. The fourth-order valence-electron chi connectivity index (χ4n) is 2.20. The lowest BCUT2D eigenvalue weighted by Gasteiger charge is -2.08. The van der Waals surface area contributed by atoms with Gasteiger partial charge in [-0.15, -0.1) is 11.6 Å². The molecule has 2 aromatic rings. The van der Waals surface area contributed by atoms with Gasteiger partial charge in [0.2, 0.25) is 0 Å². The van der Waals surface area contributed by atoms with Gasteiger partial charge in [-0.1, -0.05) is 17.7 Å². The van der Waals surface area contributed by atoms with Crippen molar-refractivity contribution in [1.82, 2.24) is 9.55 Å². The van der Waals surface area contributed by atoms with Gasteiger partial charge in [-0.2, -0.15) is 0 Å². The number of para-hydroxylation sites is 1. The van der Waals surface area contributed by atoms with Crippen LogP contribution in [0.3, 0.4) is 0 Å². The topological polar surface area (TPSA) is 27.1 Å². The highest BCUT2D eigenvalue weighted by molar-refractivity contribution is 6.34. The molecule has 0 N–H and O–H groups in total. The zero-order valence-corrected chi connectivity index (χ0v) is 12.1. The van der Waals surface area contributed by atoms with Crippen molar-refractivity contribution >= 4 is 34.2 Å². The first-order valence-corrected chi connectivity index (χ1v) is 7.48. The van der Waals surface area contributed by atoms with Gasteiger partial charge in [0, 0.05) is 13.2 Å². The van der Waals surface area contributed by atoms with Crippen molar-refractivity contribution in [3.63, 3.8) is 0 Å². The van der Waals surface area contributed by atoms with Crippen molar-refractivity contribution < 1.29 is 4.74 Å². The van der Waals surface area contributed by atoms with Gasteiger partial charge in [-0.05, 0) is 30.9 Å². The quantitative estimate of drug-likeness (QED) is 0.598. The van der Waals surface area contributed by atoms with Crippen LogP contribution in [0, 0.1) is 5.92 Å². The molecule has 102 valence electrons. The second-order valence-electron chi connectivity index (χ2n) is 4.94. The molecular weight excluding hydrogens is 283 g/mol. The fraction of sp³-hybridized carbons (Fsp3) is 0.500. The SMILES string of the molecule is ClCc1nc2c(Cl)cccc2n1CCOCC1CC1. The maximum Gasteiger partial charge on any atom is 0.124 e. The molecule has 3 rings (SSSR count). The lowest BCUT2D eigenvalue weighted by molar-refractivity contribution is 0.117. The number of ether oxygens (including phenoxy) is 1. The van der Waals surface area contributed by atoms with E-state index < -0.39 is 0 Å². The summed E-state index contributed by atoms with van der Waals surface area (Å²) in [5.41, 5.74) is 1.85. The molecule has 1 aliphatic carbocycles. The first-order valence-electron chi connectivity index (χ1n) is 6.57. The Morgan fingerprint density at radius 2 is 2.21 bits per heavy atom. The molecule has 0 aliphatic heterocycles. The van der Waals surface area contributed by atoms with Crippen LogP contribution in [0.25, 0.3) is 11.0 Å². The second-order valence-corrected chi connectivity index (χ2v) is 5.61. The highest BCUT2D eigenvalue weighted by Gasteiger charge is 2.21. The minimum absolute atomic E-state index is 0.383. The molecule has 1 aromatic heterocycles. The molecule has 0 bridgehead atoms. The van der Waals surface area contributed by atoms with E-state index in [9.17, 15) is 0 Å². The monoisotopic (exact) mass is 298 g/mol. The van der Waals surface area contributed by atoms with Gasteiger partial charge in [0.15, 0.2) is 0 Å². The summed E-state index contributed by atoms with van der Waals surface area (Å²) < 4.78 is 7.78. The Hall–Kier alpha value is -0.770. The molecule has 0 atom stereocenters. The smallest absolute Gasteiger partial charge is 0.124 e. The molecule has 0 amide bonds. The summed E-state index contributed by atoms with van der Waals surface area (Å²) >= 11 is 12.1. The zero-order chi connectivity index (χ0) is 13.2. The minimum atomic E-state index is 0.383. The third kappa shape index (κ3) is 2.88. The van der Waals surface area contributed by atoms with E-state index in [0.717, 1.165) is 35.9 Å². The van der Waals surface area contributed by atoms with Crippen molar-refractivity contribution in [3.8, 4) is 0 Å². The van der Waals surface area contributed by atoms with Crippen LogP contribution in [0.5, 0.6) is 0 Å². The van der Waals surface area contributed by atoms with E-state index in [1.807, 2.05) is 18.2 Å². The van der Waals surface area contributed by atoms with E-state index >= 15 is 0 Å². The summed E-state index contributed by atoms with van der Waals surface area (Å²) in [6.45, 7) is 2.34. The van der Waals surface area contributed by atoms with Gasteiger partial charge in [0.25, 0.3) is 0 Å². The molecule has 1 heterocycles. The Kier molecular flexibility index (Phi) is 3.96. The van der Waals surface area contributed by atoms with Gasteiger partial charge < -0.3 is 9.30 Å². The Morgan fingerprint density at radius 3 is 2.95 bits per heavy atom. The van der Waals surface area contributed by atoms with E-state index in [1.54, 1.807) is 0 Å². The largest absolute Gasteiger partial charge is 0.379 e. The molecular formula is C14H16Cl2N2O. The average molecular weight is 299 g/mol. The Bertz CT molecular complexity index is 578. The lowest BCUT2D eigenvalue weighted by Crippen LogP contribution is -2.09. The number of benzene rings is 1. The second kappa shape index (κ2) is 5.70. The molecule has 0 spiro atoms. The van der Waals surface area contributed by atoms with Crippen LogP contribution >= 0.6 is 23.2 Å². The van der Waals surface area contributed by atoms with Gasteiger partial charge >= 0.3 is 0 Å². The molecule has 0 radical (unpaired) electrons. The number of rotatable bonds is 6. The molecule has 1 saturated carbocycles. The molecule has 1 aliphatic rings. The molecule has 0 unspecified atom stereocenters. The van der Waals surface area contributed by atoms with Crippen molar-refractivity contribution in [2.24, 2.45) is 5.92 Å². The number of hydrogen-bond donors (Lipinski definition) is 0. The van der Waals surface area contributed by atoms with Crippen molar-refractivity contribution in [2.45, 2.75) is 25.3 Å². The lowest BCUT2D eigenvalue weighted by atomic mass is 10.3. The van der Waals surface area contributed by atoms with E-state index in [2.05, 4.69) is 9.55 Å². The van der Waals surface area contributed by atoms with Crippen LogP contribution in [-0.2, 0) is 17.2 Å². The molecule has 0 saturated heterocycles. The first-order chi connectivity index (χ1) is 9.29. The number of alkyl halides is 1. The number of nitrogens with zero attached hydrogens (tertiary/aromatic N) is 2. The minimum Gasteiger partial charge on any atom is -0.379 e. The number of fused-ring (bicyclic) bond motifs is 1. The maximum absolute atomic E-state index is 6.16. The highest BCUT2D eigenvalue weighted by atomic mass is 35.5. The third-order valence-electron chi connectivity index (χ3n) is 3.44. The maximum atomic E-state index is 6.16. The number of hydrogen-bond acceptors (Lipinski definition) is 2. The average Bonchev–Trinajstić information content (AvgIpc) is 3.16. The molecule has 1 aromatic carbocycles. The van der Waals surface area contributed by atoms with Gasteiger partial charge in [0.1, 0.15) is 11.3 Å². The van der Waals surface area contributed by atoms with Crippen LogP contribution < -0.4 is 0 Å². The molecule has 3 nitrogen and oxygen atoms in total. The van der Waals surface area contributed by atoms with Gasteiger partial charge in [-0.25, -0.2) is 4.98 Å². The third-order valence-corrected chi connectivity index (χ3v) is 3.98. The predicted octanol–water partition coefficient (Wildman–Crippen LogP) is 3.86. The van der Waals surface area contributed by atoms with E-state index in [4.69, 9.17) is 27.9 Å². The van der Waals surface area contributed by atoms with E-state index in [-0.39, 0.29) is 0 Å². The predicted molar refractivity (Wildman–Crippen MR) is 77.8 cm³/mol. The van der Waals surface area contributed by atoms with E-state index in [1.165, 1.54) is 12.8 Å². The molecule has 5 heteroatoms. The standard InChI is InChI=1S/C14H16Cl2N2O/c15-8-13-17-14-11(16)2-1-3-12(14)18(13)6-7-19-9-10-4-5-10/h1-3,10H,4-9H2. The molecule has 1 fully saturated rings. The summed E-state index contributed by atoms with van der Waals surface area (Å²) in [6, 6.07) is 5.81. The number of halogens is 2. The summed E-state index contributed by atoms with van der Waals surface area (Å²) in [4.78, 5) is 4.50. The van der Waals surface area contributed by atoms with E-state index in [0.29, 0.717) is 17.5 Å². The summed E-state index contributed by atoms with van der Waals surface area (Å²) in [5, 5.41) is 0.668. The number of imidazole rings is 1. The van der Waals surface area contributed by atoms with Gasteiger partial charge in [-0.3, -0.25) is 0 Å². The number of aromatic nitrogens is 2. The van der Waals surface area contributed by atoms with Crippen LogP contribution in [0.1, 0.15) is 18.7 Å². The molecule has 19 heavy (non-hydrogen) atoms. The van der Waals surface area contributed by atoms with Gasteiger partial charge in [0.05, 0.1) is 23.0 Å². The summed E-state index contributed by atoms with van der Waals surface area (Å²) in [5.74, 6) is 2.02. The van der Waals surface area contributed by atoms with Crippen LogP contribution in [-0.4, -0.2) is 22.8 Å². The Labute approximate surface area is 122 Å². The summed E-state index contributed by atoms with van der Waals surface area (Å²) in [7, 11) is 0. The highest BCUT2D eigenvalue weighted by Crippen LogP contribution is 2.29. The Morgan fingerprint density at radius 1 is 1.37 bits per heavy atom. The Balaban J connectivity index is 1.77. The van der Waals surface area contributed by atoms with Crippen molar-refractivity contribution in [3.05, 3.63) is 29.0 Å². The van der Waals surface area contributed by atoms with Crippen molar-refractivity contribution in [2.75, 3.05) is 13.2 Å². The van der Waals surface area contributed by atoms with Crippen LogP contribution in [0.4, 0.5) is 0 Å². The first kappa shape index (κ1) is 13.2. The van der Waals surface area contributed by atoms with Crippen molar-refractivity contribution in [1.29, 1.82) is 0 Å². The normalized spacial score (nSPS) is 15.3. The van der Waals surface area contributed by atoms with Crippen LogP contribution in [0.15, 0.2) is 18.2 Å². The van der Waals surface area contributed by atoms with Crippen LogP contribution in [0.2, 0.25) is 5.02 Å². The zero-order valence-electron chi connectivity index (χ0n) is 10.6.